The number of carbonyl (C=O) groups is 3. The van der Waals surface area contributed by atoms with Crippen molar-refractivity contribution in [3.05, 3.63) is 130 Å². The molecule has 10 rings (SSSR count). The van der Waals surface area contributed by atoms with Crippen molar-refractivity contribution in [1.82, 2.24) is 54.3 Å². The Balaban J connectivity index is 0.000000227. The molecule has 2 aliphatic rings. The van der Waals surface area contributed by atoms with Crippen LogP contribution in [0.15, 0.2) is 93.8 Å². The maximum absolute atomic E-state index is 13.5. The lowest BCUT2D eigenvalue weighted by Crippen LogP contribution is -2.42. The first kappa shape index (κ1) is 73.5. The molecule has 508 valence electrons. The van der Waals surface area contributed by atoms with Gasteiger partial charge in [0.2, 0.25) is 23.6 Å². The fourth-order valence-corrected chi connectivity index (χ4v) is 16.1. The molecule has 2 fully saturated rings. The SMILES string of the molecule is CCCS(=O)(=O)C(c1nnc(CNS(=O)(=O)NC(=O)OC(C)(C)C)o1)c1nc2ccc(-c3ccc(C(=O)N4CCOCC4)cc3)cc2s1.C[Si](C)(C)I.NCCS(=O)(=O)C(c1nnc(CNS(N)(=O)=O)o1)c1nc2ccc(-c3ccc(C(=O)N4CCOCC4)cc3)cc2s1. The van der Waals surface area contributed by atoms with Crippen molar-refractivity contribution in [1.29, 1.82) is 0 Å². The highest BCUT2D eigenvalue weighted by Gasteiger charge is 2.38. The lowest BCUT2D eigenvalue weighted by Gasteiger charge is -2.26. The van der Waals surface area contributed by atoms with E-state index in [-0.39, 0.29) is 63.4 Å². The van der Waals surface area contributed by atoms with Crippen molar-refractivity contribution >= 4 is 128 Å². The molecule has 2 unspecified atom stereocenters. The first-order valence-corrected chi connectivity index (χ1v) is 43.9. The molecule has 0 radical (unpaired) electrons. The average Bonchev–Trinajstić information content (AvgIpc) is 1.63. The average molecular weight is 1540 g/mol. The minimum Gasteiger partial charge on any atom is -0.443 e. The lowest BCUT2D eigenvalue weighted by molar-refractivity contribution is 0.0301. The molecular weight excluding hydrogens is 1470 g/mol. The van der Waals surface area contributed by atoms with Gasteiger partial charge in [0.05, 0.1) is 71.5 Å². The number of fused-ring (bicyclic) bond motifs is 2. The van der Waals surface area contributed by atoms with Crippen LogP contribution >= 0.6 is 44.5 Å². The second-order valence-corrected chi connectivity index (χ2v) is 46.4. The minimum atomic E-state index is -4.36. The first-order chi connectivity index (χ1) is 44.2. The van der Waals surface area contributed by atoms with E-state index in [1.54, 1.807) is 78.6 Å². The first-order valence-electron chi connectivity index (χ1n) is 29.2. The van der Waals surface area contributed by atoms with Gasteiger partial charge in [-0.15, -0.1) is 64.9 Å². The molecular formula is C57H72IN13O16S6Si. The number of amides is 3. The highest BCUT2D eigenvalue weighted by Crippen LogP contribution is 2.39. The quantitative estimate of drug-likeness (QED) is 0.0294. The number of sulfone groups is 2. The van der Waals surface area contributed by atoms with E-state index < -0.39 is 80.9 Å². The van der Waals surface area contributed by atoms with Gasteiger partial charge < -0.3 is 38.6 Å². The number of nitrogens with one attached hydrogen (secondary N) is 3. The summed E-state index contributed by atoms with van der Waals surface area (Å²) in [5, 5.41) is 17.9. The van der Waals surface area contributed by atoms with Crippen molar-refractivity contribution in [2.24, 2.45) is 10.9 Å². The van der Waals surface area contributed by atoms with Crippen molar-refractivity contribution in [2.45, 2.75) is 82.9 Å². The number of carbonyl (C=O) groups excluding carboxylic acids is 3. The number of aromatic nitrogens is 6. The molecule has 0 saturated carbocycles. The Hall–Kier alpha value is -6.34. The molecule has 4 aromatic carbocycles. The van der Waals surface area contributed by atoms with Crippen LogP contribution in [-0.2, 0) is 67.4 Å². The van der Waals surface area contributed by atoms with Gasteiger partial charge in [0.15, 0.2) is 30.2 Å². The lowest BCUT2D eigenvalue weighted by atomic mass is 10.0. The fraction of sp³-hybridized carbons (Fsp3) is 0.421. The smallest absolute Gasteiger partial charge is 0.422 e. The van der Waals surface area contributed by atoms with Crippen LogP contribution in [0.5, 0.6) is 0 Å². The van der Waals surface area contributed by atoms with Crippen molar-refractivity contribution in [3.8, 4) is 22.3 Å². The number of hydrogen-bond acceptors (Lipinski definition) is 25. The van der Waals surface area contributed by atoms with Gasteiger partial charge in [-0.25, -0.2) is 41.5 Å². The normalized spacial score (nSPS) is 15.0. The van der Waals surface area contributed by atoms with Gasteiger partial charge >= 0.3 is 16.3 Å². The van der Waals surface area contributed by atoms with Crippen molar-refractivity contribution in [3.63, 3.8) is 0 Å². The summed E-state index contributed by atoms with van der Waals surface area (Å²) in [6.07, 6.45) is -0.850. The second-order valence-electron chi connectivity index (χ2n) is 23.1. The summed E-state index contributed by atoms with van der Waals surface area (Å²) in [6, 6.07) is 25.6. The van der Waals surface area contributed by atoms with Gasteiger partial charge in [0, 0.05) is 43.9 Å². The van der Waals surface area contributed by atoms with Crippen LogP contribution in [0.1, 0.15) is 98.9 Å². The molecule has 37 heteroatoms. The maximum atomic E-state index is 13.5. The zero-order valence-electron chi connectivity index (χ0n) is 52.2. The molecule has 3 amide bonds. The van der Waals surface area contributed by atoms with Crippen LogP contribution in [0, 0.1) is 0 Å². The second kappa shape index (κ2) is 31.2. The molecule has 6 heterocycles. The Bertz CT molecular complexity index is 4430. The molecule has 2 atom stereocenters. The molecule has 8 aromatic rings. The van der Waals surface area contributed by atoms with Gasteiger partial charge in [-0.1, -0.05) is 63.0 Å². The molecule has 2 saturated heterocycles. The third-order valence-electron chi connectivity index (χ3n) is 13.3. The molecule has 0 spiro atoms. The summed E-state index contributed by atoms with van der Waals surface area (Å²) in [5.41, 5.74) is 9.74. The molecule has 4 aromatic heterocycles. The fourth-order valence-electron chi connectivity index (χ4n) is 9.14. The number of rotatable bonds is 21. The third-order valence-corrected chi connectivity index (χ3v) is 21.3. The predicted octanol–water partition coefficient (Wildman–Crippen LogP) is 6.42. The molecule has 2 aliphatic heterocycles. The Morgan fingerprint density at radius 1 is 0.628 bits per heavy atom. The standard InChI is InChI=1S/C30H36N6O9S3.C24H27N7O7S3.C3H9ISi/c1-5-16-47(39,40)25(26-34-33-24(44-26)18-31-48(41,42)35-29(38)45-30(2,3)4)27-32-22-11-10-21(17-23(22)46-27)19-6-8-20(9-7-19)28(37)36-12-14-43-15-13-36;25-7-12-40(33,34)21(22-30-29-20(38-22)14-27-41(26,35)36)23-28-18-6-5-17(13-19(18)39-23)15-1-3-16(4-2-15)24(32)31-8-10-37-11-9-31;1-5(2,3)4/h6-11,17,25,31H,5,12-16,18H2,1-4H3,(H,35,38);1-6,13,21,27H,7-12,14,25H2,(H2,26,35,36);1-3H3. The topological polar surface area (TPSA) is 414 Å². The maximum Gasteiger partial charge on any atom is 0.422 e. The predicted molar refractivity (Wildman–Crippen MR) is 365 cm³/mol. The Morgan fingerprint density at radius 3 is 1.40 bits per heavy atom. The monoisotopic (exact) mass is 1540 g/mol. The zero-order chi connectivity index (χ0) is 68.4. The number of nitrogens with zero attached hydrogens (tertiary/aromatic N) is 8. The number of nitrogens with two attached hydrogens (primary N) is 2. The Kier molecular flexibility index (Phi) is 24.4. The summed E-state index contributed by atoms with van der Waals surface area (Å²) in [5.74, 6) is -1.55. The summed E-state index contributed by atoms with van der Waals surface area (Å²) in [4.78, 5) is 50.2. The summed E-state index contributed by atoms with van der Waals surface area (Å²) >= 11 is 4.83. The highest BCUT2D eigenvalue weighted by molar-refractivity contribution is 14.1. The van der Waals surface area contributed by atoms with Crippen molar-refractivity contribution < 1.29 is 71.1 Å². The molecule has 7 N–H and O–H groups in total. The van der Waals surface area contributed by atoms with Gasteiger partial charge in [-0.2, -0.15) is 26.3 Å². The zero-order valence-corrected chi connectivity index (χ0v) is 60.3. The number of morpholine rings is 2. The van der Waals surface area contributed by atoms with Crippen LogP contribution < -0.4 is 25.0 Å². The van der Waals surface area contributed by atoms with Crippen LogP contribution in [0.2, 0.25) is 19.6 Å². The summed E-state index contributed by atoms with van der Waals surface area (Å²) < 4.78 is 134. The van der Waals surface area contributed by atoms with Gasteiger partial charge in [-0.3, -0.25) is 9.59 Å². The van der Waals surface area contributed by atoms with E-state index in [0.29, 0.717) is 85.9 Å². The van der Waals surface area contributed by atoms with Gasteiger partial charge in [0.25, 0.3) is 22.0 Å². The van der Waals surface area contributed by atoms with E-state index in [0.717, 1.165) is 49.6 Å². The van der Waals surface area contributed by atoms with Crippen molar-refractivity contribution in [2.75, 3.05) is 70.7 Å². The van der Waals surface area contributed by atoms with Crippen LogP contribution in [0.4, 0.5) is 4.79 Å². The molecule has 29 nitrogen and oxygen atoms in total. The highest BCUT2D eigenvalue weighted by atomic mass is 127. The summed E-state index contributed by atoms with van der Waals surface area (Å²) in [6.45, 7) is 16.7. The van der Waals surface area contributed by atoms with Crippen LogP contribution in [0.25, 0.3) is 42.7 Å². The van der Waals surface area contributed by atoms with Gasteiger partial charge in [0.1, 0.15) is 21.2 Å². The molecule has 94 heavy (non-hydrogen) atoms. The minimum absolute atomic E-state index is 0.0447. The molecule has 0 aliphatic carbocycles. The van der Waals surface area contributed by atoms with Crippen LogP contribution in [-0.4, -0.2) is 174 Å². The largest absolute Gasteiger partial charge is 0.443 e. The molecule has 0 bridgehead atoms. The number of hydrogen-bond donors (Lipinski definition) is 5. The van der Waals surface area contributed by atoms with E-state index in [4.69, 9.17) is 33.9 Å². The Labute approximate surface area is 565 Å². The number of benzene rings is 4. The van der Waals surface area contributed by atoms with Crippen LogP contribution in [0.3, 0.4) is 0 Å². The van der Waals surface area contributed by atoms with E-state index in [2.05, 4.69) is 76.5 Å². The Morgan fingerprint density at radius 2 is 1.02 bits per heavy atom. The number of ether oxygens (including phenoxy) is 3. The van der Waals surface area contributed by atoms with E-state index in [1.807, 2.05) is 53.3 Å². The third kappa shape index (κ3) is 20.8. The number of thiazole rings is 2. The number of halogens is 1. The van der Waals surface area contributed by atoms with E-state index in [9.17, 15) is 48.1 Å². The van der Waals surface area contributed by atoms with E-state index in [1.165, 1.54) is 0 Å². The van der Waals surface area contributed by atoms with E-state index >= 15 is 0 Å². The summed E-state index contributed by atoms with van der Waals surface area (Å²) in [7, 11) is -16.2. The van der Waals surface area contributed by atoms with Gasteiger partial charge in [-0.05, 0) is 98.0 Å².